The van der Waals surface area contributed by atoms with Crippen molar-refractivity contribution in [2.45, 2.75) is 64.7 Å². The second kappa shape index (κ2) is 12.4. The molecule has 0 aliphatic rings. The number of halogens is 3. The summed E-state index contributed by atoms with van der Waals surface area (Å²) in [6, 6.07) is 5.16. The van der Waals surface area contributed by atoms with Crippen LogP contribution in [0.5, 0.6) is 5.75 Å². The molecule has 0 saturated carbocycles. The van der Waals surface area contributed by atoms with Crippen LogP contribution in [0.2, 0.25) is 0 Å². The van der Waals surface area contributed by atoms with Gasteiger partial charge in [-0.3, -0.25) is 4.79 Å². The predicted octanol–water partition coefficient (Wildman–Crippen LogP) is 5.08. The lowest BCUT2D eigenvalue weighted by molar-refractivity contribution is -0.206. The summed E-state index contributed by atoms with van der Waals surface area (Å²) in [6.07, 6.45) is -3.50. The minimum atomic E-state index is -4.62. The normalized spacial score (nSPS) is 12.5. The molecule has 0 aliphatic heterocycles. The Morgan fingerprint density at radius 1 is 1.00 bits per heavy atom. The number of esters is 2. The first-order chi connectivity index (χ1) is 13.2. The van der Waals surface area contributed by atoms with Crippen LogP contribution in [-0.4, -0.2) is 37.4 Å². The Hall–Kier alpha value is -2.09. The SMILES string of the molecule is CCOCCCCCCCC(OC(=O)c1ccc(OC(C)=O)cc1)C(F)(F)F. The summed E-state index contributed by atoms with van der Waals surface area (Å²) in [7, 11) is 0. The number of hydrogen-bond acceptors (Lipinski definition) is 5. The molecule has 0 N–H and O–H groups in total. The third kappa shape index (κ3) is 9.73. The van der Waals surface area contributed by atoms with Gasteiger partial charge in [0.05, 0.1) is 5.56 Å². The molecular weight excluding hydrogens is 377 g/mol. The Morgan fingerprint density at radius 3 is 2.18 bits per heavy atom. The van der Waals surface area contributed by atoms with Gasteiger partial charge < -0.3 is 14.2 Å². The number of hydrogen-bond donors (Lipinski definition) is 0. The molecule has 1 atom stereocenters. The molecule has 1 unspecified atom stereocenters. The van der Waals surface area contributed by atoms with Crippen LogP contribution < -0.4 is 4.74 Å². The Bertz CT molecular complexity index is 599. The Balaban J connectivity index is 2.48. The van der Waals surface area contributed by atoms with Crippen LogP contribution in [0, 0.1) is 0 Å². The van der Waals surface area contributed by atoms with Crippen molar-refractivity contribution in [3.8, 4) is 5.75 Å². The molecule has 5 nitrogen and oxygen atoms in total. The Labute approximate surface area is 163 Å². The van der Waals surface area contributed by atoms with Gasteiger partial charge in [0, 0.05) is 20.1 Å². The van der Waals surface area contributed by atoms with Gasteiger partial charge in [-0.2, -0.15) is 13.2 Å². The molecule has 0 saturated heterocycles. The van der Waals surface area contributed by atoms with Crippen molar-refractivity contribution in [3.63, 3.8) is 0 Å². The lowest BCUT2D eigenvalue weighted by atomic mass is 10.1. The minimum absolute atomic E-state index is 0.0407. The third-order valence-electron chi connectivity index (χ3n) is 3.93. The molecule has 0 spiro atoms. The minimum Gasteiger partial charge on any atom is -0.449 e. The van der Waals surface area contributed by atoms with Crippen molar-refractivity contribution in [1.82, 2.24) is 0 Å². The van der Waals surface area contributed by atoms with Crippen LogP contribution >= 0.6 is 0 Å². The Morgan fingerprint density at radius 2 is 1.61 bits per heavy atom. The number of unbranched alkanes of at least 4 members (excludes halogenated alkanes) is 4. The van der Waals surface area contributed by atoms with E-state index in [1.807, 2.05) is 6.92 Å². The third-order valence-corrected chi connectivity index (χ3v) is 3.93. The first kappa shape index (κ1) is 23.9. The molecule has 1 aromatic rings. The second-order valence-electron chi connectivity index (χ2n) is 6.31. The maximum absolute atomic E-state index is 13.2. The van der Waals surface area contributed by atoms with Gasteiger partial charge in [0.2, 0.25) is 0 Å². The zero-order valence-electron chi connectivity index (χ0n) is 16.2. The van der Waals surface area contributed by atoms with E-state index in [9.17, 15) is 22.8 Å². The number of carbonyl (C=O) groups excluding carboxylic acids is 2. The average Bonchev–Trinajstić information content (AvgIpc) is 2.62. The van der Waals surface area contributed by atoms with Crippen LogP contribution in [0.15, 0.2) is 24.3 Å². The number of ether oxygens (including phenoxy) is 3. The van der Waals surface area contributed by atoms with E-state index in [4.69, 9.17) is 9.47 Å². The van der Waals surface area contributed by atoms with Crippen LogP contribution in [0.1, 0.15) is 62.7 Å². The molecule has 1 aromatic carbocycles. The van der Waals surface area contributed by atoms with E-state index in [2.05, 4.69) is 4.74 Å². The van der Waals surface area contributed by atoms with Gasteiger partial charge in [0.15, 0.2) is 6.10 Å². The summed E-state index contributed by atoms with van der Waals surface area (Å²) < 4.78 is 54.2. The van der Waals surface area contributed by atoms with E-state index in [0.717, 1.165) is 19.3 Å². The van der Waals surface area contributed by atoms with E-state index < -0.39 is 24.2 Å². The molecule has 0 aliphatic carbocycles. The van der Waals surface area contributed by atoms with Gasteiger partial charge in [-0.25, -0.2) is 4.79 Å². The summed E-state index contributed by atoms with van der Waals surface area (Å²) in [6.45, 7) is 4.45. The van der Waals surface area contributed by atoms with E-state index in [-0.39, 0.29) is 17.7 Å². The number of carbonyl (C=O) groups is 2. The summed E-state index contributed by atoms with van der Waals surface area (Å²) in [5, 5.41) is 0. The van der Waals surface area contributed by atoms with Crippen molar-refractivity contribution in [2.75, 3.05) is 13.2 Å². The molecule has 0 radical (unpaired) electrons. The van der Waals surface area contributed by atoms with Crippen molar-refractivity contribution < 1.29 is 37.0 Å². The first-order valence-corrected chi connectivity index (χ1v) is 9.38. The van der Waals surface area contributed by atoms with E-state index in [1.54, 1.807) is 0 Å². The zero-order chi connectivity index (χ0) is 21.0. The number of rotatable bonds is 12. The second-order valence-corrected chi connectivity index (χ2v) is 6.31. The van der Waals surface area contributed by atoms with Crippen LogP contribution in [-0.2, 0) is 14.3 Å². The topological polar surface area (TPSA) is 61.8 Å². The van der Waals surface area contributed by atoms with Gasteiger partial charge in [-0.15, -0.1) is 0 Å². The summed E-state index contributed by atoms with van der Waals surface area (Å²) in [5.41, 5.74) is -0.0407. The lowest BCUT2D eigenvalue weighted by Gasteiger charge is -2.20. The highest BCUT2D eigenvalue weighted by atomic mass is 19.4. The highest BCUT2D eigenvalue weighted by Gasteiger charge is 2.42. The molecule has 158 valence electrons. The quantitative estimate of drug-likeness (QED) is 0.276. The largest absolute Gasteiger partial charge is 0.449 e. The fraction of sp³-hybridized carbons (Fsp3) is 0.600. The zero-order valence-corrected chi connectivity index (χ0v) is 16.2. The molecule has 28 heavy (non-hydrogen) atoms. The molecular formula is C20H27F3O5. The fourth-order valence-corrected chi connectivity index (χ4v) is 2.52. The first-order valence-electron chi connectivity index (χ1n) is 9.38. The van der Waals surface area contributed by atoms with Gasteiger partial charge in [0.1, 0.15) is 5.75 Å². The molecule has 0 amide bonds. The number of alkyl halides is 3. The molecule has 8 heteroatoms. The van der Waals surface area contributed by atoms with Gasteiger partial charge in [-0.1, -0.05) is 19.3 Å². The van der Waals surface area contributed by atoms with E-state index >= 15 is 0 Å². The van der Waals surface area contributed by atoms with Crippen LogP contribution in [0.25, 0.3) is 0 Å². The average molecular weight is 404 g/mol. The van der Waals surface area contributed by atoms with E-state index in [1.165, 1.54) is 31.2 Å². The van der Waals surface area contributed by atoms with Crippen molar-refractivity contribution in [1.29, 1.82) is 0 Å². The van der Waals surface area contributed by atoms with Gasteiger partial charge in [-0.05, 0) is 50.5 Å². The predicted molar refractivity (Wildman–Crippen MR) is 97.2 cm³/mol. The fourth-order valence-electron chi connectivity index (χ4n) is 2.52. The summed E-state index contributed by atoms with van der Waals surface area (Å²) in [4.78, 5) is 22.9. The van der Waals surface area contributed by atoms with Gasteiger partial charge >= 0.3 is 18.1 Å². The highest BCUT2D eigenvalue weighted by Crippen LogP contribution is 2.28. The number of benzene rings is 1. The summed E-state index contributed by atoms with van der Waals surface area (Å²) >= 11 is 0. The molecule has 1 rings (SSSR count). The molecule has 0 heterocycles. The van der Waals surface area contributed by atoms with Crippen molar-refractivity contribution >= 4 is 11.9 Å². The van der Waals surface area contributed by atoms with Crippen molar-refractivity contribution in [2.24, 2.45) is 0 Å². The smallest absolute Gasteiger partial charge is 0.425 e. The monoisotopic (exact) mass is 404 g/mol. The Kier molecular flexibility index (Phi) is 10.6. The maximum Gasteiger partial charge on any atom is 0.425 e. The molecule has 0 fully saturated rings. The molecule has 0 bridgehead atoms. The highest BCUT2D eigenvalue weighted by molar-refractivity contribution is 5.89. The van der Waals surface area contributed by atoms with Gasteiger partial charge in [0.25, 0.3) is 0 Å². The van der Waals surface area contributed by atoms with Crippen molar-refractivity contribution in [3.05, 3.63) is 29.8 Å². The molecule has 0 aromatic heterocycles. The summed E-state index contributed by atoms with van der Waals surface area (Å²) in [5.74, 6) is -1.40. The lowest BCUT2D eigenvalue weighted by Crippen LogP contribution is -2.33. The maximum atomic E-state index is 13.2. The van der Waals surface area contributed by atoms with Crippen LogP contribution in [0.4, 0.5) is 13.2 Å². The standard InChI is InChI=1S/C20H27F3O5/c1-3-26-14-8-6-4-5-7-9-18(20(21,22)23)28-19(25)16-10-12-17(13-11-16)27-15(2)24/h10-13,18H,3-9,14H2,1-2H3. The van der Waals surface area contributed by atoms with E-state index in [0.29, 0.717) is 26.1 Å². The van der Waals surface area contributed by atoms with Crippen LogP contribution in [0.3, 0.4) is 0 Å².